The molecule has 4 rings (SSSR count). The number of hydrogen-bond donors (Lipinski definition) is 5. The predicted octanol–water partition coefficient (Wildman–Crippen LogP) is 3.76. The van der Waals surface area contributed by atoms with Crippen LogP contribution < -0.4 is 20.9 Å². The van der Waals surface area contributed by atoms with Gasteiger partial charge in [0.05, 0.1) is 11.4 Å². The van der Waals surface area contributed by atoms with Crippen LogP contribution >= 0.6 is 0 Å². The molecule has 10 nitrogen and oxygen atoms in total. The number of carbonyl (C=O) groups is 4. The number of allylic oxidation sites excluding steroid dienone is 2. The Morgan fingerprint density at radius 3 is 2.37 bits per heavy atom. The zero-order valence-corrected chi connectivity index (χ0v) is 25.7. The maximum Gasteiger partial charge on any atom is 0.303 e. The minimum Gasteiger partial charge on any atom is -0.500 e. The average Bonchev–Trinajstić information content (AvgIpc) is 3.59. The Bertz CT molecular complexity index is 1460. The van der Waals surface area contributed by atoms with Crippen molar-refractivity contribution in [3.05, 3.63) is 68.7 Å². The van der Waals surface area contributed by atoms with E-state index in [1.807, 2.05) is 60.1 Å². The fourth-order valence-corrected chi connectivity index (χ4v) is 6.32. The van der Waals surface area contributed by atoms with E-state index in [4.69, 9.17) is 0 Å². The molecule has 10 heteroatoms. The number of aromatic amines is 1. The van der Waals surface area contributed by atoms with Gasteiger partial charge in [0.1, 0.15) is 0 Å². The molecule has 1 fully saturated rings. The van der Waals surface area contributed by atoms with E-state index in [9.17, 15) is 29.4 Å². The zero-order valence-electron chi connectivity index (χ0n) is 25.7. The molecule has 1 aromatic rings. The van der Waals surface area contributed by atoms with Crippen molar-refractivity contribution in [2.75, 3.05) is 0 Å². The predicted molar refractivity (Wildman–Crippen MR) is 161 cm³/mol. The van der Waals surface area contributed by atoms with Crippen LogP contribution in [-0.2, 0) is 25.6 Å². The van der Waals surface area contributed by atoms with Crippen LogP contribution in [-0.4, -0.2) is 40.0 Å². The first kappa shape index (κ1) is 31.6. The fraction of sp³-hybridized carbons (Fsp3) is 0.455. The van der Waals surface area contributed by atoms with Gasteiger partial charge in [-0.25, -0.2) is 12.1 Å². The van der Waals surface area contributed by atoms with Crippen LogP contribution in [0.25, 0.3) is 12.2 Å². The molecule has 0 saturated carbocycles. The highest BCUT2D eigenvalue weighted by Crippen LogP contribution is 2.38. The first-order valence-corrected chi connectivity index (χ1v) is 14.9. The lowest BCUT2D eigenvalue weighted by atomic mass is 9.91. The molecule has 0 spiro atoms. The Morgan fingerprint density at radius 1 is 1.07 bits per heavy atom. The van der Waals surface area contributed by atoms with Crippen LogP contribution in [0.1, 0.15) is 89.2 Å². The van der Waals surface area contributed by atoms with Crippen molar-refractivity contribution in [1.82, 2.24) is 16.0 Å². The van der Waals surface area contributed by atoms with Crippen molar-refractivity contribution >= 4 is 35.9 Å². The SMILES string of the molecule is CCC1=C(C)C([CH-]C2=C(C)[C-](CCC(=O)O)/C(=C/[c-]3[nH+]c(/C=C4\NC(=O)[C@H](C)[C@H]4CC)c(C)c3CCC(=O)O)N2)NC1=O. The van der Waals surface area contributed by atoms with E-state index in [0.717, 1.165) is 68.7 Å². The first-order valence-electron chi connectivity index (χ1n) is 14.9. The highest BCUT2D eigenvalue weighted by atomic mass is 16.4. The number of H-pyrrole nitrogens is 1. The van der Waals surface area contributed by atoms with Gasteiger partial charge in [-0.3, -0.25) is 30.7 Å². The normalized spacial score (nSPS) is 23.9. The number of hydrogen-bond acceptors (Lipinski definition) is 5. The fourth-order valence-electron chi connectivity index (χ4n) is 6.32. The quantitative estimate of drug-likeness (QED) is 0.232. The number of amides is 2. The summed E-state index contributed by atoms with van der Waals surface area (Å²) >= 11 is 0. The number of nitrogens with one attached hydrogen (secondary N) is 4. The van der Waals surface area contributed by atoms with Crippen molar-refractivity contribution in [1.29, 1.82) is 0 Å². The molecule has 3 aliphatic heterocycles. The van der Waals surface area contributed by atoms with Gasteiger partial charge >= 0.3 is 11.9 Å². The van der Waals surface area contributed by atoms with Crippen LogP contribution in [0.2, 0.25) is 0 Å². The standard InChI is InChI=1S/C33H42N4O6/c1-7-20-19(6)32(42)37-27(20)14-25-18(5)23(10-12-31(40)41)29(35-25)15-28-22(9-11-30(38)39)17(4)24(34-28)13-26-16(3)21(8-2)33(43)36-26/h13-15,19-20,26,34-35H,7-12H2,1-6H3,(H,36,43)(H,37,42)(H,38,39)(H,40,41)/q-2/b27-14-,28-15-/t19-,20-,26?/m1/s1. The van der Waals surface area contributed by atoms with Crippen molar-refractivity contribution in [2.45, 2.75) is 86.1 Å². The Balaban J connectivity index is 1.72. The summed E-state index contributed by atoms with van der Waals surface area (Å²) in [5, 5.41) is 28.4. The van der Waals surface area contributed by atoms with E-state index in [1.54, 1.807) is 0 Å². The molecule has 6 N–H and O–H groups in total. The van der Waals surface area contributed by atoms with E-state index < -0.39 is 11.9 Å². The lowest BCUT2D eigenvalue weighted by molar-refractivity contribution is -0.379. The molecule has 0 aliphatic carbocycles. The number of carboxylic acids is 2. The monoisotopic (exact) mass is 590 g/mol. The molecule has 232 valence electrons. The molecule has 3 aliphatic rings. The van der Waals surface area contributed by atoms with Crippen LogP contribution in [0.15, 0.2) is 33.8 Å². The Labute approximate surface area is 252 Å². The van der Waals surface area contributed by atoms with Crippen molar-refractivity contribution in [3.63, 3.8) is 0 Å². The second-order valence-electron chi connectivity index (χ2n) is 11.6. The summed E-state index contributed by atoms with van der Waals surface area (Å²) in [5.74, 6) is -1.12. The maximum atomic E-state index is 12.4. The van der Waals surface area contributed by atoms with Crippen molar-refractivity contribution in [2.24, 2.45) is 11.8 Å². The molecule has 43 heavy (non-hydrogen) atoms. The smallest absolute Gasteiger partial charge is 0.303 e. The van der Waals surface area contributed by atoms with E-state index in [-0.39, 0.29) is 42.5 Å². The average molecular weight is 591 g/mol. The third-order valence-corrected chi connectivity index (χ3v) is 8.98. The summed E-state index contributed by atoms with van der Waals surface area (Å²) in [6.07, 6.45) is 7.75. The van der Waals surface area contributed by atoms with E-state index in [1.165, 1.54) is 0 Å². The number of carbonyl (C=O) groups excluding carboxylic acids is 2. The third kappa shape index (κ3) is 6.53. The van der Waals surface area contributed by atoms with Gasteiger partial charge in [0.15, 0.2) is 0 Å². The van der Waals surface area contributed by atoms with Gasteiger partial charge in [-0.2, -0.15) is 11.8 Å². The van der Waals surface area contributed by atoms with Crippen molar-refractivity contribution in [3.8, 4) is 0 Å². The van der Waals surface area contributed by atoms with Gasteiger partial charge in [0.25, 0.3) is 0 Å². The van der Waals surface area contributed by atoms with Gasteiger partial charge in [-0.05, 0) is 38.3 Å². The number of aromatic nitrogens is 1. The zero-order chi connectivity index (χ0) is 31.6. The Kier molecular flexibility index (Phi) is 9.47. The molecule has 1 saturated heterocycles. The summed E-state index contributed by atoms with van der Waals surface area (Å²) in [5.41, 5.74) is 8.23. The molecule has 3 atom stereocenters. The summed E-state index contributed by atoms with van der Waals surface area (Å²) < 4.78 is 0. The highest BCUT2D eigenvalue weighted by Gasteiger charge is 2.34. The number of rotatable bonds is 12. The van der Waals surface area contributed by atoms with Gasteiger partial charge in [-0.1, -0.05) is 50.8 Å². The van der Waals surface area contributed by atoms with Crippen LogP contribution in [0.5, 0.6) is 0 Å². The van der Waals surface area contributed by atoms with Gasteiger partial charge < -0.3 is 31.1 Å². The molecular formula is C33H42N4O6-2. The summed E-state index contributed by atoms with van der Waals surface area (Å²) in [7, 11) is 0. The maximum absolute atomic E-state index is 12.4. The molecule has 0 bridgehead atoms. The third-order valence-electron chi connectivity index (χ3n) is 8.98. The molecule has 1 aromatic heterocycles. The van der Waals surface area contributed by atoms with Gasteiger partial charge in [0, 0.05) is 35.9 Å². The minimum atomic E-state index is -0.906. The van der Waals surface area contributed by atoms with E-state index >= 15 is 0 Å². The molecule has 2 amide bonds. The number of aliphatic carboxylic acids is 2. The molecule has 4 heterocycles. The van der Waals surface area contributed by atoms with Crippen LogP contribution in [0, 0.1) is 31.1 Å². The van der Waals surface area contributed by atoms with E-state index in [2.05, 4.69) is 20.9 Å². The largest absolute Gasteiger partial charge is 0.500 e. The first-order chi connectivity index (χ1) is 20.4. The summed E-state index contributed by atoms with van der Waals surface area (Å²) in [6.45, 7) is 11.7. The molecular weight excluding hydrogens is 548 g/mol. The lowest BCUT2D eigenvalue weighted by Gasteiger charge is -2.30. The van der Waals surface area contributed by atoms with Gasteiger partial charge in [0.2, 0.25) is 11.8 Å². The Hall–Kier alpha value is -4.34. The van der Waals surface area contributed by atoms with Crippen molar-refractivity contribution < 1.29 is 34.4 Å². The topological polar surface area (TPSA) is 159 Å². The lowest BCUT2D eigenvalue weighted by Crippen LogP contribution is -2.31. The molecule has 1 unspecified atom stereocenters. The Morgan fingerprint density at radius 2 is 1.77 bits per heavy atom. The number of carboxylic acid groups (broad SMARTS) is 2. The second kappa shape index (κ2) is 12.9. The van der Waals surface area contributed by atoms with E-state index in [0.29, 0.717) is 19.3 Å². The van der Waals surface area contributed by atoms with Crippen LogP contribution in [0.3, 0.4) is 0 Å². The molecule has 0 aromatic carbocycles. The second-order valence-corrected chi connectivity index (χ2v) is 11.6. The highest BCUT2D eigenvalue weighted by molar-refractivity contribution is 5.97. The minimum absolute atomic E-state index is 0.0106. The van der Waals surface area contributed by atoms with Gasteiger partial charge in [-0.15, -0.1) is 6.92 Å². The summed E-state index contributed by atoms with van der Waals surface area (Å²) in [6, 6.07) is -0.271. The van der Waals surface area contributed by atoms with Crippen LogP contribution in [0.4, 0.5) is 0 Å². The molecule has 0 radical (unpaired) electrons. The summed E-state index contributed by atoms with van der Waals surface area (Å²) in [4.78, 5) is 51.3.